The van der Waals surface area contributed by atoms with E-state index in [-0.39, 0.29) is 39.7 Å². The number of aliphatic carboxylic acids is 1. The van der Waals surface area contributed by atoms with Crippen molar-refractivity contribution in [3.05, 3.63) is 122 Å². The fourth-order valence-electron chi connectivity index (χ4n) is 4.69. The molecule has 14 heteroatoms. The molecule has 0 radical (unpaired) electrons. The number of rotatable bonds is 12. The molecule has 0 saturated heterocycles. The molecule has 46 heavy (non-hydrogen) atoms. The van der Waals surface area contributed by atoms with E-state index in [0.717, 1.165) is 31.2 Å². The molecule has 0 aliphatic heterocycles. The minimum absolute atomic E-state index is 0. The van der Waals surface area contributed by atoms with E-state index in [1.54, 1.807) is 0 Å². The summed E-state index contributed by atoms with van der Waals surface area (Å²) in [6.07, 6.45) is -13.0. The molecule has 1 aromatic heterocycles. The van der Waals surface area contributed by atoms with Crippen LogP contribution in [0.2, 0.25) is 0 Å². The van der Waals surface area contributed by atoms with Crippen LogP contribution in [-0.4, -0.2) is 28.6 Å². The van der Waals surface area contributed by atoms with E-state index < -0.39 is 114 Å². The van der Waals surface area contributed by atoms with Crippen molar-refractivity contribution < 1.29 is 78.5 Å². The van der Waals surface area contributed by atoms with E-state index >= 15 is 8.78 Å². The first-order valence-electron chi connectivity index (χ1n) is 17.4. The van der Waals surface area contributed by atoms with Gasteiger partial charge in [-0.1, -0.05) is 48.5 Å². The second-order valence-electron chi connectivity index (χ2n) is 9.50. The van der Waals surface area contributed by atoms with E-state index in [1.165, 1.54) is 30.3 Å². The topological polar surface area (TPSA) is 105 Å². The normalized spacial score (nSPS) is 16.1. The Morgan fingerprint density at radius 3 is 2.39 bits per heavy atom. The van der Waals surface area contributed by atoms with Gasteiger partial charge in [0.15, 0.2) is 11.6 Å². The summed E-state index contributed by atoms with van der Waals surface area (Å²) in [6.45, 7) is -4.90. The van der Waals surface area contributed by atoms with Gasteiger partial charge in [0.25, 0.3) is 5.56 Å². The predicted molar refractivity (Wildman–Crippen MR) is 154 cm³/mol. The second-order valence-corrected chi connectivity index (χ2v) is 9.50. The molecule has 238 valence electrons. The molecule has 0 aliphatic carbocycles. The minimum atomic E-state index is -5.15. The Labute approximate surface area is 295 Å². The van der Waals surface area contributed by atoms with Gasteiger partial charge in [-0.2, -0.15) is 13.2 Å². The molecule has 0 fully saturated rings. The molecule has 1 N–H and O–H groups in total. The number of alkyl halides is 3. The van der Waals surface area contributed by atoms with Crippen LogP contribution < -0.4 is 56.0 Å². The van der Waals surface area contributed by atoms with E-state index in [4.69, 9.17) is 12.3 Å². The Morgan fingerprint density at radius 2 is 1.74 bits per heavy atom. The van der Waals surface area contributed by atoms with Gasteiger partial charge < -0.3 is 20.0 Å². The van der Waals surface area contributed by atoms with Crippen LogP contribution in [0.1, 0.15) is 53.5 Å². The van der Waals surface area contributed by atoms with E-state index in [9.17, 15) is 32.7 Å². The van der Waals surface area contributed by atoms with E-state index in [2.05, 4.69) is 10.1 Å². The van der Waals surface area contributed by atoms with Crippen LogP contribution in [0.5, 0.6) is 5.75 Å². The van der Waals surface area contributed by atoms with Gasteiger partial charge in [-0.3, -0.25) is 13.9 Å². The predicted octanol–water partition coefficient (Wildman–Crippen LogP) is 1.20. The van der Waals surface area contributed by atoms with Crippen molar-refractivity contribution in [2.75, 3.05) is 13.5 Å². The minimum Gasteiger partial charge on any atom is -0.550 e. The third-order valence-electron chi connectivity index (χ3n) is 6.81. The van der Waals surface area contributed by atoms with Crippen LogP contribution in [0.3, 0.4) is 0 Å². The number of halogens is 5. The summed E-state index contributed by atoms with van der Waals surface area (Å²) in [5, 5.41) is 13.6. The summed E-state index contributed by atoms with van der Waals surface area (Å²) in [7, 11) is -3.20. The van der Waals surface area contributed by atoms with Crippen LogP contribution in [-0.2, 0) is 24.1 Å². The molecule has 0 spiro atoms. The van der Waals surface area contributed by atoms with Gasteiger partial charge in [-0.05, 0) is 49.9 Å². The van der Waals surface area contributed by atoms with Crippen molar-refractivity contribution in [3.8, 4) is 16.9 Å². The number of methoxy groups -OCH3 is 1. The van der Waals surface area contributed by atoms with Crippen LogP contribution in [0, 0.1) is 18.6 Å². The first-order chi connectivity index (χ1) is 24.7. The largest absolute Gasteiger partial charge is 1.00 e. The summed E-state index contributed by atoms with van der Waals surface area (Å²) < 4.78 is 149. The van der Waals surface area contributed by atoms with Crippen molar-refractivity contribution in [1.29, 1.82) is 0 Å². The molecule has 3 aromatic carbocycles. The monoisotopic (exact) mass is 662 g/mol. The van der Waals surface area contributed by atoms with Crippen molar-refractivity contribution in [1.82, 2.24) is 14.5 Å². The first kappa shape index (κ1) is 25.3. The molecule has 4 aromatic rings. The third-order valence-corrected chi connectivity index (χ3v) is 6.81. The molecule has 1 atom stereocenters. The van der Waals surface area contributed by atoms with Crippen molar-refractivity contribution in [2.24, 2.45) is 0 Å². The molecule has 1 heterocycles. The second kappa shape index (κ2) is 15.7. The number of aromatic nitrogens is 2. The summed E-state index contributed by atoms with van der Waals surface area (Å²) in [5.41, 5.74) is -7.44. The zero-order valence-electron chi connectivity index (χ0n) is 33.2. The van der Waals surface area contributed by atoms with Gasteiger partial charge >= 0.3 is 41.4 Å². The number of hydrogen-bond acceptors (Lipinski definition) is 6. The SMILES string of the molecule is [2H]C([2H])([2H])Oc1cccc(-c2c(C)n(Cc3c(F)cccc3C(F)(F)F)c(=O)n(C[C@@H](NC([2H])([2H])C([2H])([2H])C([2H])([2H])C(=O)[O-])c3ccccc3)c2=O)c1F.[Na+]. The maximum atomic E-state index is 16.0. The molecule has 8 nitrogen and oxygen atoms in total. The van der Waals surface area contributed by atoms with E-state index in [0.29, 0.717) is 16.7 Å². The van der Waals surface area contributed by atoms with Crippen LogP contribution in [0.4, 0.5) is 22.0 Å². The zero-order chi connectivity index (χ0) is 40.8. The van der Waals surface area contributed by atoms with Gasteiger partial charge in [-0.25, -0.2) is 13.6 Å². The van der Waals surface area contributed by atoms with Crippen molar-refractivity contribution >= 4 is 5.97 Å². The summed E-state index contributed by atoms with van der Waals surface area (Å²) in [6, 6.07) is 9.96. The zero-order valence-corrected chi connectivity index (χ0v) is 26.2. The maximum Gasteiger partial charge on any atom is 1.00 e. The Morgan fingerprint density at radius 1 is 1.04 bits per heavy atom. The average molecular weight is 663 g/mol. The first-order valence-corrected chi connectivity index (χ1v) is 12.9. The van der Waals surface area contributed by atoms with Crippen LogP contribution in [0.15, 0.2) is 76.3 Å². The number of hydrogen-bond donors (Lipinski definition) is 1. The number of nitrogens with one attached hydrogen (secondary N) is 1. The Bertz CT molecular complexity index is 2180. The number of carbonyl (C=O) groups excluding carboxylic acids is 1. The van der Waals surface area contributed by atoms with Crippen LogP contribution in [0.25, 0.3) is 11.1 Å². The van der Waals surface area contributed by atoms with Gasteiger partial charge in [0.2, 0.25) is 0 Å². The number of nitrogens with zero attached hydrogens (tertiary/aromatic N) is 2. The number of carboxylic acids is 1. The molecule has 0 unspecified atom stereocenters. The Hall–Kier alpha value is -3.78. The third kappa shape index (κ3) is 8.13. The number of ether oxygens (including phenoxy) is 1. The summed E-state index contributed by atoms with van der Waals surface area (Å²) >= 11 is 0. The van der Waals surface area contributed by atoms with Gasteiger partial charge in [-0.15, -0.1) is 0 Å². The van der Waals surface area contributed by atoms with Gasteiger partial charge in [0.1, 0.15) is 5.82 Å². The van der Waals surface area contributed by atoms with Crippen molar-refractivity contribution in [2.45, 2.75) is 45.0 Å². The molecular formula is C32H29F5N3NaO5. The molecule has 4 rings (SSSR count). The number of carbonyl (C=O) groups is 1. The summed E-state index contributed by atoms with van der Waals surface area (Å²) in [5.74, 6) is -6.39. The number of benzene rings is 3. The molecule has 0 bridgehead atoms. The molecule has 0 aliphatic rings. The molecular weight excluding hydrogens is 624 g/mol. The Kier molecular flexibility index (Phi) is 8.63. The van der Waals surface area contributed by atoms with Crippen molar-refractivity contribution in [3.63, 3.8) is 0 Å². The van der Waals surface area contributed by atoms with E-state index in [1.807, 2.05) is 0 Å². The molecule has 0 amide bonds. The molecule has 0 saturated carbocycles. The van der Waals surface area contributed by atoms with Crippen LogP contribution >= 0.6 is 0 Å². The Balaban J connectivity index is 0.00000812. The maximum absolute atomic E-state index is 16.0. The standard InChI is InChI=1S/C32H30F5N3O5.Na/c1-19-28(21-11-6-14-26(45-2)29(21)34)30(43)40(18-25(20-9-4-3-5-10-20)38-16-8-15-27(41)42)31(44)39(19)17-22-23(32(35,36)37)12-7-13-24(22)33;/h3-7,9-14,25,38H,8,15-18H2,1-2H3,(H,41,42);/q;+1/p-1/t25-;/m1./s1/i2D3,8D2,15D2,16D2;. The smallest absolute Gasteiger partial charge is 0.550 e. The van der Waals surface area contributed by atoms with Gasteiger partial charge in [0, 0.05) is 31.0 Å². The number of carboxylic acid groups (broad SMARTS) is 1. The summed E-state index contributed by atoms with van der Waals surface area (Å²) in [4.78, 5) is 39.9. The van der Waals surface area contributed by atoms with Gasteiger partial charge in [0.05, 0.1) is 41.4 Å². The quantitative estimate of drug-likeness (QED) is 0.181. The fourth-order valence-corrected chi connectivity index (χ4v) is 4.69. The fraction of sp³-hybridized carbons (Fsp3) is 0.281. The average Bonchev–Trinajstić information content (AvgIpc) is 3.05.